The van der Waals surface area contributed by atoms with Crippen LogP contribution in [0.4, 0.5) is 0 Å². The number of hydrogen-bond acceptors (Lipinski definition) is 4. The van der Waals surface area contributed by atoms with Crippen LogP contribution >= 0.6 is 8.03 Å². The van der Waals surface area contributed by atoms with Gasteiger partial charge in [0, 0.05) is 5.56 Å². The van der Waals surface area contributed by atoms with Crippen LogP contribution in [0.2, 0.25) is 0 Å². The molecular weight excluding hydrogens is 275 g/mol. The highest BCUT2D eigenvalue weighted by Gasteiger charge is 2.26. The number of benzene rings is 2. The predicted molar refractivity (Wildman–Crippen MR) is 77.7 cm³/mol. The Labute approximate surface area is 118 Å². The third-order valence-corrected chi connectivity index (χ3v) is 3.91. The summed E-state index contributed by atoms with van der Waals surface area (Å²) < 4.78 is 22.3. The van der Waals surface area contributed by atoms with Gasteiger partial charge in [0.05, 0.1) is 7.11 Å². The van der Waals surface area contributed by atoms with Crippen LogP contribution in [0, 0.1) is 0 Å². The van der Waals surface area contributed by atoms with E-state index in [1.165, 1.54) is 0 Å². The normalized spacial score (nSPS) is 10.9. The molecule has 20 heavy (non-hydrogen) atoms. The van der Waals surface area contributed by atoms with Crippen molar-refractivity contribution in [3.63, 3.8) is 0 Å². The minimum absolute atomic E-state index is 0.179. The Morgan fingerprint density at radius 2 is 1.95 bits per heavy atom. The van der Waals surface area contributed by atoms with Crippen LogP contribution in [0.5, 0.6) is 5.75 Å². The lowest BCUT2D eigenvalue weighted by Gasteiger charge is -2.04. The Balaban J connectivity index is 2.40. The number of hydrogen-bond donors (Lipinski definition) is 0. The molecule has 0 spiro atoms. The average Bonchev–Trinajstić information content (AvgIpc) is 2.52. The lowest BCUT2D eigenvalue weighted by Crippen LogP contribution is -2.04. The zero-order chi connectivity index (χ0) is 14.4. The maximum atomic E-state index is 12.1. The van der Waals surface area contributed by atoms with Gasteiger partial charge >= 0.3 is 8.03 Å². The minimum Gasteiger partial charge on any atom is -0.497 e. The molecule has 0 saturated heterocycles. The molecular formula is C15H14O4P+. The summed E-state index contributed by atoms with van der Waals surface area (Å²) in [5.41, 5.74) is 1.69. The third-order valence-electron chi connectivity index (χ3n) is 2.74. The molecule has 0 bridgehead atoms. The zero-order valence-corrected chi connectivity index (χ0v) is 11.9. The largest absolute Gasteiger partial charge is 0.549 e. The van der Waals surface area contributed by atoms with E-state index in [9.17, 15) is 9.36 Å². The summed E-state index contributed by atoms with van der Waals surface area (Å²) in [6.45, 7) is -0.179. The van der Waals surface area contributed by atoms with Gasteiger partial charge in [-0.3, -0.25) is 0 Å². The Kier molecular flexibility index (Phi) is 4.99. The van der Waals surface area contributed by atoms with Crippen molar-refractivity contribution in [3.05, 3.63) is 48.5 Å². The van der Waals surface area contributed by atoms with E-state index in [1.807, 2.05) is 36.4 Å². The van der Waals surface area contributed by atoms with Crippen LogP contribution in [0.15, 0.2) is 48.5 Å². The summed E-state index contributed by atoms with van der Waals surface area (Å²) in [6, 6.07) is 14.7. The van der Waals surface area contributed by atoms with Gasteiger partial charge in [-0.1, -0.05) is 24.3 Å². The molecule has 0 aliphatic rings. The van der Waals surface area contributed by atoms with Gasteiger partial charge in [-0.05, 0) is 34.4 Å². The molecule has 2 aromatic carbocycles. The summed E-state index contributed by atoms with van der Waals surface area (Å²) in [7, 11) is -0.466. The molecule has 1 unspecified atom stereocenters. The number of aldehydes is 1. The van der Waals surface area contributed by atoms with E-state index < -0.39 is 8.03 Å². The summed E-state index contributed by atoms with van der Waals surface area (Å²) in [6.07, 6.45) is 0.585. The molecule has 5 heteroatoms. The van der Waals surface area contributed by atoms with E-state index in [1.54, 1.807) is 19.2 Å². The highest BCUT2D eigenvalue weighted by atomic mass is 31.1. The maximum Gasteiger partial charge on any atom is 0.549 e. The first-order chi connectivity index (χ1) is 9.76. The fourth-order valence-electron chi connectivity index (χ4n) is 1.84. The van der Waals surface area contributed by atoms with E-state index in [-0.39, 0.29) is 6.61 Å². The molecule has 0 heterocycles. The van der Waals surface area contributed by atoms with Crippen LogP contribution in [-0.4, -0.2) is 20.0 Å². The molecule has 4 nitrogen and oxygen atoms in total. The fraction of sp³-hybridized carbons (Fsp3) is 0.133. The summed E-state index contributed by atoms with van der Waals surface area (Å²) in [5.74, 6) is 0.723. The van der Waals surface area contributed by atoms with Gasteiger partial charge in [0.25, 0.3) is 0 Å². The quantitative estimate of drug-likeness (QED) is 0.606. The molecule has 0 aromatic heterocycles. The van der Waals surface area contributed by atoms with Crippen molar-refractivity contribution >= 4 is 19.6 Å². The standard InChI is InChI=1S/C15H14O4P/c1-18-13-6-4-5-12(11-13)14-7-2-3-8-15(14)20(17)19-10-9-16/h2-9,11H,10H2,1H3/q+1. The minimum atomic E-state index is -2.06. The van der Waals surface area contributed by atoms with Crippen molar-refractivity contribution < 1.29 is 18.6 Å². The van der Waals surface area contributed by atoms with Gasteiger partial charge in [0.15, 0.2) is 12.9 Å². The van der Waals surface area contributed by atoms with Gasteiger partial charge in [0.1, 0.15) is 5.75 Å². The molecule has 0 aliphatic carbocycles. The highest BCUT2D eigenvalue weighted by molar-refractivity contribution is 7.48. The van der Waals surface area contributed by atoms with Crippen molar-refractivity contribution in [1.29, 1.82) is 0 Å². The first kappa shape index (κ1) is 14.4. The van der Waals surface area contributed by atoms with E-state index in [0.29, 0.717) is 11.6 Å². The number of carbonyl (C=O) groups excluding carboxylic acids is 1. The second-order valence-electron chi connectivity index (χ2n) is 3.97. The molecule has 2 aromatic rings. The Morgan fingerprint density at radius 3 is 2.70 bits per heavy atom. The number of rotatable bonds is 6. The number of methoxy groups -OCH3 is 1. The van der Waals surface area contributed by atoms with Crippen molar-refractivity contribution in [1.82, 2.24) is 0 Å². The topological polar surface area (TPSA) is 52.6 Å². The van der Waals surface area contributed by atoms with E-state index in [2.05, 4.69) is 0 Å². The molecule has 0 saturated carbocycles. The lowest BCUT2D eigenvalue weighted by molar-refractivity contribution is -0.109. The molecule has 0 fully saturated rings. The Morgan fingerprint density at radius 1 is 1.15 bits per heavy atom. The first-order valence-corrected chi connectivity index (χ1v) is 7.21. The van der Waals surface area contributed by atoms with Gasteiger partial charge < -0.3 is 9.53 Å². The zero-order valence-electron chi connectivity index (χ0n) is 11.0. The highest BCUT2D eigenvalue weighted by Crippen LogP contribution is 2.30. The number of carbonyl (C=O) groups is 1. The first-order valence-electron chi connectivity index (χ1n) is 6.03. The van der Waals surface area contributed by atoms with Crippen LogP contribution in [-0.2, 0) is 13.9 Å². The van der Waals surface area contributed by atoms with Crippen molar-refractivity contribution in [2.24, 2.45) is 0 Å². The Bertz CT molecular complexity index is 625. The van der Waals surface area contributed by atoms with Crippen LogP contribution in [0.3, 0.4) is 0 Å². The van der Waals surface area contributed by atoms with E-state index in [0.717, 1.165) is 16.9 Å². The summed E-state index contributed by atoms with van der Waals surface area (Å²) in [4.78, 5) is 10.3. The smallest absolute Gasteiger partial charge is 0.497 e. The average molecular weight is 289 g/mol. The third kappa shape index (κ3) is 3.29. The van der Waals surface area contributed by atoms with Gasteiger partial charge in [-0.2, -0.15) is 0 Å². The fourth-order valence-corrected chi connectivity index (χ4v) is 2.78. The summed E-state index contributed by atoms with van der Waals surface area (Å²) >= 11 is 0. The van der Waals surface area contributed by atoms with Crippen molar-refractivity contribution in [3.8, 4) is 16.9 Å². The second kappa shape index (κ2) is 6.94. The van der Waals surface area contributed by atoms with E-state index >= 15 is 0 Å². The molecule has 0 amide bonds. The van der Waals surface area contributed by atoms with Crippen LogP contribution in [0.1, 0.15) is 0 Å². The molecule has 102 valence electrons. The lowest BCUT2D eigenvalue weighted by atomic mass is 10.1. The van der Waals surface area contributed by atoms with E-state index in [4.69, 9.17) is 9.26 Å². The molecule has 1 atom stereocenters. The molecule has 2 rings (SSSR count). The molecule has 0 aliphatic heterocycles. The molecule has 0 N–H and O–H groups in total. The van der Waals surface area contributed by atoms with Gasteiger partial charge in [0.2, 0.25) is 5.30 Å². The monoisotopic (exact) mass is 289 g/mol. The predicted octanol–water partition coefficient (Wildman–Crippen LogP) is 2.95. The van der Waals surface area contributed by atoms with Crippen LogP contribution < -0.4 is 10.0 Å². The molecule has 0 radical (unpaired) electrons. The summed E-state index contributed by atoms with van der Waals surface area (Å²) in [5, 5.41) is 0.567. The Hall–Kier alpha value is -2.03. The maximum absolute atomic E-state index is 12.1. The number of ether oxygens (including phenoxy) is 1. The van der Waals surface area contributed by atoms with Crippen molar-refractivity contribution in [2.75, 3.05) is 13.7 Å². The van der Waals surface area contributed by atoms with Gasteiger partial charge in [-0.15, -0.1) is 4.52 Å². The van der Waals surface area contributed by atoms with Gasteiger partial charge in [-0.25, -0.2) is 0 Å². The SMILES string of the molecule is COc1cccc(-c2ccccc2[P+](=O)OCC=O)c1. The van der Waals surface area contributed by atoms with Crippen molar-refractivity contribution in [2.45, 2.75) is 0 Å². The second-order valence-corrected chi connectivity index (χ2v) is 5.22. The van der Waals surface area contributed by atoms with Crippen LogP contribution in [0.25, 0.3) is 11.1 Å².